The van der Waals surface area contributed by atoms with Gasteiger partial charge in [-0.3, -0.25) is 4.79 Å². The van der Waals surface area contributed by atoms with E-state index in [1.54, 1.807) is 18.2 Å². The zero-order valence-corrected chi connectivity index (χ0v) is 12.4. The molecule has 2 aromatic rings. The lowest BCUT2D eigenvalue weighted by Crippen LogP contribution is -2.51. The highest BCUT2D eigenvalue weighted by Crippen LogP contribution is 2.38. The molecule has 0 bridgehead atoms. The predicted octanol–water partition coefficient (Wildman–Crippen LogP) is 3.17. The van der Waals surface area contributed by atoms with Gasteiger partial charge in [-0.1, -0.05) is 48.0 Å². The maximum Gasteiger partial charge on any atom is 0.423 e. The van der Waals surface area contributed by atoms with Crippen LogP contribution in [-0.4, -0.2) is 23.7 Å². The summed E-state index contributed by atoms with van der Waals surface area (Å²) in [6.45, 7) is 0.868. The maximum atomic E-state index is 13.3. The van der Waals surface area contributed by atoms with Gasteiger partial charge >= 0.3 is 6.18 Å². The average molecular weight is 323 g/mol. The van der Waals surface area contributed by atoms with E-state index in [9.17, 15) is 23.1 Å². The van der Waals surface area contributed by atoms with Crippen LogP contribution in [0.1, 0.15) is 21.5 Å². The fourth-order valence-electron chi connectivity index (χ4n) is 2.10. The molecule has 0 aliphatic heterocycles. The van der Waals surface area contributed by atoms with E-state index in [2.05, 4.69) is 5.32 Å². The molecular formula is C17H16F3NO2. The highest BCUT2D eigenvalue weighted by molar-refractivity contribution is 5.94. The lowest BCUT2D eigenvalue weighted by molar-refractivity contribution is -0.263. The number of carbonyl (C=O) groups is 1. The standard InChI is InChI=1S/C17H16F3NO2/c1-12-7-9-13(10-8-12)15(22)21-11-16(23,17(18,19)20)14-5-3-2-4-6-14/h2-10,23H,11H2,1H3,(H,21,22). The van der Waals surface area contributed by atoms with Crippen molar-refractivity contribution >= 4 is 5.91 Å². The van der Waals surface area contributed by atoms with E-state index in [1.165, 1.54) is 36.4 Å². The smallest absolute Gasteiger partial charge is 0.375 e. The van der Waals surface area contributed by atoms with E-state index in [0.29, 0.717) is 0 Å². The van der Waals surface area contributed by atoms with E-state index in [1.807, 2.05) is 6.92 Å². The van der Waals surface area contributed by atoms with E-state index in [4.69, 9.17) is 0 Å². The molecule has 122 valence electrons. The van der Waals surface area contributed by atoms with Crippen molar-refractivity contribution < 1.29 is 23.1 Å². The number of amides is 1. The van der Waals surface area contributed by atoms with E-state index in [0.717, 1.165) is 5.56 Å². The average Bonchev–Trinajstić information content (AvgIpc) is 2.52. The zero-order chi connectivity index (χ0) is 17.1. The number of nitrogens with one attached hydrogen (secondary N) is 1. The van der Waals surface area contributed by atoms with Crippen LogP contribution >= 0.6 is 0 Å². The first-order valence-electron chi connectivity index (χ1n) is 6.93. The Hall–Kier alpha value is -2.34. The summed E-state index contributed by atoms with van der Waals surface area (Å²) in [5.74, 6) is -0.677. The Balaban J connectivity index is 2.20. The minimum Gasteiger partial charge on any atom is -0.375 e. The Labute approximate surface area is 131 Å². The Morgan fingerprint density at radius 3 is 2.13 bits per heavy atom. The maximum absolute atomic E-state index is 13.3. The molecule has 2 aromatic carbocycles. The Morgan fingerprint density at radius 2 is 1.61 bits per heavy atom. The minimum atomic E-state index is -4.92. The summed E-state index contributed by atoms with van der Waals surface area (Å²) in [7, 11) is 0. The number of hydrogen-bond donors (Lipinski definition) is 2. The van der Waals surface area contributed by atoms with Gasteiger partial charge in [0.2, 0.25) is 5.60 Å². The molecule has 3 nitrogen and oxygen atoms in total. The molecule has 0 saturated carbocycles. The van der Waals surface area contributed by atoms with E-state index < -0.39 is 24.2 Å². The molecule has 0 aliphatic carbocycles. The van der Waals surface area contributed by atoms with Crippen molar-refractivity contribution in [2.45, 2.75) is 18.7 Å². The van der Waals surface area contributed by atoms with Gasteiger partial charge in [0.15, 0.2) is 0 Å². The fraction of sp³-hybridized carbons (Fsp3) is 0.235. The highest BCUT2D eigenvalue weighted by Gasteiger charge is 2.55. The molecule has 0 spiro atoms. The van der Waals surface area contributed by atoms with Crippen molar-refractivity contribution in [3.63, 3.8) is 0 Å². The molecule has 0 heterocycles. The van der Waals surface area contributed by atoms with Crippen LogP contribution in [0.5, 0.6) is 0 Å². The predicted molar refractivity (Wildman–Crippen MR) is 79.9 cm³/mol. The molecule has 2 N–H and O–H groups in total. The molecule has 23 heavy (non-hydrogen) atoms. The zero-order valence-electron chi connectivity index (χ0n) is 12.4. The Morgan fingerprint density at radius 1 is 1.04 bits per heavy atom. The molecule has 1 atom stereocenters. The largest absolute Gasteiger partial charge is 0.423 e. The van der Waals surface area contributed by atoms with Gasteiger partial charge in [-0.2, -0.15) is 13.2 Å². The summed E-state index contributed by atoms with van der Waals surface area (Å²) in [4.78, 5) is 12.0. The van der Waals surface area contributed by atoms with Crippen molar-refractivity contribution in [1.82, 2.24) is 5.32 Å². The van der Waals surface area contributed by atoms with Crippen molar-refractivity contribution in [2.24, 2.45) is 0 Å². The minimum absolute atomic E-state index is 0.230. The molecular weight excluding hydrogens is 307 g/mol. The van der Waals surface area contributed by atoms with Crippen LogP contribution in [0.3, 0.4) is 0 Å². The number of alkyl halides is 3. The van der Waals surface area contributed by atoms with Crippen LogP contribution in [0.15, 0.2) is 54.6 Å². The molecule has 2 rings (SSSR count). The number of benzene rings is 2. The number of hydrogen-bond acceptors (Lipinski definition) is 2. The second kappa shape index (κ2) is 6.42. The Kier molecular flexibility index (Phi) is 4.75. The third-order valence-electron chi connectivity index (χ3n) is 3.54. The number of aryl methyl sites for hydroxylation is 1. The normalized spacial score (nSPS) is 14.1. The molecule has 0 fully saturated rings. The summed E-state index contributed by atoms with van der Waals surface area (Å²) in [6, 6.07) is 13.1. The number of halogens is 3. The number of carbonyl (C=O) groups excluding carboxylic acids is 1. The quantitative estimate of drug-likeness (QED) is 0.908. The monoisotopic (exact) mass is 323 g/mol. The van der Waals surface area contributed by atoms with E-state index in [-0.39, 0.29) is 11.1 Å². The van der Waals surface area contributed by atoms with Crippen LogP contribution in [0.2, 0.25) is 0 Å². The lowest BCUT2D eigenvalue weighted by Gasteiger charge is -2.31. The van der Waals surface area contributed by atoms with Crippen molar-refractivity contribution in [2.75, 3.05) is 6.54 Å². The first-order valence-corrected chi connectivity index (χ1v) is 6.93. The molecule has 0 radical (unpaired) electrons. The van der Waals surface area contributed by atoms with Crippen LogP contribution < -0.4 is 5.32 Å². The van der Waals surface area contributed by atoms with E-state index >= 15 is 0 Å². The van der Waals surface area contributed by atoms with Crippen molar-refractivity contribution in [1.29, 1.82) is 0 Å². The number of aliphatic hydroxyl groups is 1. The fourth-order valence-corrected chi connectivity index (χ4v) is 2.10. The second-order valence-electron chi connectivity index (χ2n) is 5.27. The third-order valence-corrected chi connectivity index (χ3v) is 3.54. The number of rotatable bonds is 4. The molecule has 0 aromatic heterocycles. The van der Waals surface area contributed by atoms with Gasteiger partial charge in [-0.25, -0.2) is 0 Å². The summed E-state index contributed by atoms with van der Waals surface area (Å²) < 4.78 is 39.9. The van der Waals surface area contributed by atoms with Gasteiger partial charge in [-0.15, -0.1) is 0 Å². The summed E-state index contributed by atoms with van der Waals surface area (Å²) in [5, 5.41) is 12.3. The second-order valence-corrected chi connectivity index (χ2v) is 5.27. The molecule has 6 heteroatoms. The highest BCUT2D eigenvalue weighted by atomic mass is 19.4. The third kappa shape index (κ3) is 3.71. The molecule has 1 unspecified atom stereocenters. The summed E-state index contributed by atoms with van der Waals surface area (Å²) in [6.07, 6.45) is -4.92. The van der Waals surface area contributed by atoms with Crippen LogP contribution in [0, 0.1) is 6.92 Å². The van der Waals surface area contributed by atoms with Crippen molar-refractivity contribution in [3.8, 4) is 0 Å². The van der Waals surface area contributed by atoms with Crippen molar-refractivity contribution in [3.05, 3.63) is 71.3 Å². The molecule has 0 saturated heterocycles. The summed E-state index contributed by atoms with van der Waals surface area (Å²) in [5.41, 5.74) is -2.31. The van der Waals surface area contributed by atoms with Gasteiger partial charge in [0, 0.05) is 5.56 Å². The molecule has 0 aliphatic rings. The topological polar surface area (TPSA) is 49.3 Å². The Bertz CT molecular complexity index is 668. The van der Waals surface area contributed by atoms with Crippen LogP contribution in [0.25, 0.3) is 0 Å². The molecule has 1 amide bonds. The van der Waals surface area contributed by atoms with Gasteiger partial charge in [0.1, 0.15) is 0 Å². The van der Waals surface area contributed by atoms with Crippen LogP contribution in [0.4, 0.5) is 13.2 Å². The SMILES string of the molecule is Cc1ccc(C(=O)NCC(O)(c2ccccc2)C(F)(F)F)cc1. The lowest BCUT2D eigenvalue weighted by atomic mass is 9.93. The van der Waals surface area contributed by atoms with Gasteiger partial charge in [0.25, 0.3) is 5.91 Å². The summed E-state index contributed by atoms with van der Waals surface area (Å²) >= 11 is 0. The van der Waals surface area contributed by atoms with Gasteiger partial charge < -0.3 is 10.4 Å². The van der Waals surface area contributed by atoms with Crippen LogP contribution in [-0.2, 0) is 5.60 Å². The first-order chi connectivity index (χ1) is 10.7. The van der Waals surface area contributed by atoms with Gasteiger partial charge in [-0.05, 0) is 24.6 Å². The van der Waals surface area contributed by atoms with Gasteiger partial charge in [0.05, 0.1) is 6.54 Å². The first kappa shape index (κ1) is 17.0.